The number of hydrogen-bond acceptors (Lipinski definition) is 4. The van der Waals surface area contributed by atoms with Gasteiger partial charge in [-0.15, -0.1) is 0 Å². The van der Waals surface area contributed by atoms with Gasteiger partial charge in [-0.3, -0.25) is 9.59 Å². The van der Waals surface area contributed by atoms with Crippen molar-refractivity contribution in [2.24, 2.45) is 0 Å². The quantitative estimate of drug-likeness (QED) is 0.702. The first-order valence-electron chi connectivity index (χ1n) is 6.09. The van der Waals surface area contributed by atoms with E-state index >= 15 is 0 Å². The molecular formula is C13H12BrClN4O2. The maximum Gasteiger partial charge on any atom is 0.285 e. The lowest BCUT2D eigenvalue weighted by Gasteiger charge is -2.08. The standard InChI is InChI=1S/C13H12BrClN4O2/c14-9-3-1-8(2-4-9)12(20)17-6-5-16-10-7-18-19-13(21)11(10)15/h1-4,7H,5-6H2,(H,17,20)(H2,16,19,21). The molecule has 0 aliphatic rings. The number of rotatable bonds is 5. The molecule has 2 aromatic rings. The van der Waals surface area contributed by atoms with Crippen LogP contribution in [0.4, 0.5) is 5.69 Å². The van der Waals surface area contributed by atoms with Gasteiger partial charge < -0.3 is 10.6 Å². The SMILES string of the molecule is O=C(NCCNc1cn[nH]c(=O)c1Cl)c1ccc(Br)cc1. The molecule has 6 nitrogen and oxygen atoms in total. The fraction of sp³-hybridized carbons (Fsp3) is 0.154. The molecule has 0 radical (unpaired) electrons. The van der Waals surface area contributed by atoms with E-state index in [-0.39, 0.29) is 10.9 Å². The van der Waals surface area contributed by atoms with Crippen molar-refractivity contribution >= 4 is 39.1 Å². The fourth-order valence-electron chi connectivity index (χ4n) is 1.58. The summed E-state index contributed by atoms with van der Waals surface area (Å²) in [7, 11) is 0. The number of nitrogens with zero attached hydrogens (tertiary/aromatic N) is 1. The van der Waals surface area contributed by atoms with Crippen LogP contribution in [0.3, 0.4) is 0 Å². The molecule has 0 spiro atoms. The summed E-state index contributed by atoms with van der Waals surface area (Å²) < 4.78 is 0.914. The number of aromatic nitrogens is 2. The first kappa shape index (κ1) is 15.5. The Morgan fingerprint density at radius 1 is 1.29 bits per heavy atom. The predicted molar refractivity (Wildman–Crippen MR) is 84.8 cm³/mol. The highest BCUT2D eigenvalue weighted by molar-refractivity contribution is 9.10. The Bertz CT molecular complexity index is 687. The number of amides is 1. The topological polar surface area (TPSA) is 86.9 Å². The molecule has 0 aliphatic carbocycles. The molecule has 2 rings (SSSR count). The average Bonchev–Trinajstić information content (AvgIpc) is 2.48. The molecule has 0 atom stereocenters. The number of carbonyl (C=O) groups excluding carboxylic acids is 1. The van der Waals surface area contributed by atoms with Crippen molar-refractivity contribution < 1.29 is 4.79 Å². The molecule has 1 aromatic carbocycles. The molecule has 1 amide bonds. The minimum Gasteiger partial charge on any atom is -0.381 e. The predicted octanol–water partition coefficient (Wildman–Crippen LogP) is 2.03. The van der Waals surface area contributed by atoms with Crippen LogP contribution in [0.5, 0.6) is 0 Å². The van der Waals surface area contributed by atoms with Crippen LogP contribution in [-0.2, 0) is 0 Å². The molecule has 0 aliphatic heterocycles. The van der Waals surface area contributed by atoms with Crippen LogP contribution in [0.1, 0.15) is 10.4 Å². The van der Waals surface area contributed by atoms with Gasteiger partial charge in [-0.1, -0.05) is 27.5 Å². The number of carbonyl (C=O) groups is 1. The molecule has 1 heterocycles. The zero-order valence-electron chi connectivity index (χ0n) is 10.8. The van der Waals surface area contributed by atoms with E-state index in [0.717, 1.165) is 4.47 Å². The number of aromatic amines is 1. The van der Waals surface area contributed by atoms with Crippen LogP contribution in [0.15, 0.2) is 39.7 Å². The van der Waals surface area contributed by atoms with Crippen LogP contribution in [-0.4, -0.2) is 29.2 Å². The molecule has 0 saturated heterocycles. The van der Waals surface area contributed by atoms with E-state index in [1.165, 1.54) is 6.20 Å². The normalized spacial score (nSPS) is 10.2. The number of hydrogen-bond donors (Lipinski definition) is 3. The Hall–Kier alpha value is -1.86. The van der Waals surface area contributed by atoms with Gasteiger partial charge >= 0.3 is 0 Å². The van der Waals surface area contributed by atoms with E-state index in [1.807, 2.05) is 0 Å². The summed E-state index contributed by atoms with van der Waals surface area (Å²) >= 11 is 9.12. The molecule has 3 N–H and O–H groups in total. The van der Waals surface area contributed by atoms with Crippen molar-refractivity contribution in [2.45, 2.75) is 0 Å². The van der Waals surface area contributed by atoms with Crippen molar-refractivity contribution in [3.63, 3.8) is 0 Å². The summed E-state index contributed by atoms with van der Waals surface area (Å²) in [4.78, 5) is 23.1. The molecule has 1 aromatic heterocycles. The second-order valence-electron chi connectivity index (χ2n) is 4.12. The zero-order chi connectivity index (χ0) is 15.2. The van der Waals surface area contributed by atoms with Crippen LogP contribution in [0, 0.1) is 0 Å². The minimum atomic E-state index is -0.458. The van der Waals surface area contributed by atoms with Gasteiger partial charge in [0.25, 0.3) is 11.5 Å². The van der Waals surface area contributed by atoms with E-state index in [0.29, 0.717) is 24.3 Å². The Kier molecular flexibility index (Phi) is 5.35. The summed E-state index contributed by atoms with van der Waals surface area (Å²) in [5.41, 5.74) is 0.549. The fourth-order valence-corrected chi connectivity index (χ4v) is 2.01. The summed E-state index contributed by atoms with van der Waals surface area (Å²) in [6, 6.07) is 7.05. The number of nitrogens with one attached hydrogen (secondary N) is 3. The monoisotopic (exact) mass is 370 g/mol. The highest BCUT2D eigenvalue weighted by Gasteiger charge is 2.06. The van der Waals surface area contributed by atoms with Crippen molar-refractivity contribution in [3.05, 3.63) is 55.9 Å². The molecule has 0 fully saturated rings. The maximum absolute atomic E-state index is 11.8. The van der Waals surface area contributed by atoms with E-state index in [9.17, 15) is 9.59 Å². The lowest BCUT2D eigenvalue weighted by molar-refractivity contribution is 0.0955. The lowest BCUT2D eigenvalue weighted by atomic mass is 10.2. The minimum absolute atomic E-state index is 0.0456. The summed E-state index contributed by atoms with van der Waals surface area (Å²) in [5, 5.41) is 11.6. The largest absolute Gasteiger partial charge is 0.381 e. The maximum atomic E-state index is 11.8. The highest BCUT2D eigenvalue weighted by atomic mass is 79.9. The second-order valence-corrected chi connectivity index (χ2v) is 5.41. The van der Waals surface area contributed by atoms with Crippen LogP contribution in [0.25, 0.3) is 0 Å². The summed E-state index contributed by atoms with van der Waals surface area (Å²) in [6.07, 6.45) is 1.42. The molecular weight excluding hydrogens is 360 g/mol. The number of anilines is 1. The third kappa shape index (κ3) is 4.30. The zero-order valence-corrected chi connectivity index (χ0v) is 13.2. The van der Waals surface area contributed by atoms with Gasteiger partial charge in [-0.2, -0.15) is 5.10 Å². The molecule has 0 bridgehead atoms. The second kappa shape index (κ2) is 7.24. The number of H-pyrrole nitrogens is 1. The van der Waals surface area contributed by atoms with Gasteiger partial charge in [-0.25, -0.2) is 5.10 Å². The first-order chi connectivity index (χ1) is 10.1. The van der Waals surface area contributed by atoms with Gasteiger partial charge in [0, 0.05) is 23.1 Å². The summed E-state index contributed by atoms with van der Waals surface area (Å²) in [6.45, 7) is 0.811. The van der Waals surface area contributed by atoms with Gasteiger partial charge in [0.1, 0.15) is 5.02 Å². The molecule has 0 unspecified atom stereocenters. The van der Waals surface area contributed by atoms with Crippen LogP contribution < -0.4 is 16.2 Å². The van der Waals surface area contributed by atoms with Crippen molar-refractivity contribution in [2.75, 3.05) is 18.4 Å². The van der Waals surface area contributed by atoms with E-state index in [4.69, 9.17) is 11.6 Å². The lowest BCUT2D eigenvalue weighted by Crippen LogP contribution is -2.29. The first-order valence-corrected chi connectivity index (χ1v) is 7.26. The Balaban J connectivity index is 1.82. The third-order valence-electron chi connectivity index (χ3n) is 2.63. The van der Waals surface area contributed by atoms with E-state index in [1.54, 1.807) is 24.3 Å². The smallest absolute Gasteiger partial charge is 0.285 e. The van der Waals surface area contributed by atoms with Gasteiger partial charge in [-0.05, 0) is 24.3 Å². The Morgan fingerprint density at radius 3 is 2.71 bits per heavy atom. The number of halogens is 2. The van der Waals surface area contributed by atoms with E-state index < -0.39 is 5.56 Å². The van der Waals surface area contributed by atoms with Crippen LogP contribution >= 0.6 is 27.5 Å². The van der Waals surface area contributed by atoms with Crippen molar-refractivity contribution in [3.8, 4) is 0 Å². The molecule has 21 heavy (non-hydrogen) atoms. The van der Waals surface area contributed by atoms with Crippen LogP contribution in [0.2, 0.25) is 5.02 Å². The third-order valence-corrected chi connectivity index (χ3v) is 3.53. The van der Waals surface area contributed by atoms with Gasteiger partial charge in [0.2, 0.25) is 0 Å². The summed E-state index contributed by atoms with van der Waals surface area (Å²) in [5.74, 6) is -0.167. The van der Waals surface area contributed by atoms with E-state index in [2.05, 4.69) is 36.8 Å². The van der Waals surface area contributed by atoms with Gasteiger partial charge in [0.15, 0.2) is 0 Å². The molecule has 110 valence electrons. The molecule has 0 saturated carbocycles. The highest BCUT2D eigenvalue weighted by Crippen LogP contribution is 2.13. The Labute approximate surface area is 134 Å². The average molecular weight is 372 g/mol. The Morgan fingerprint density at radius 2 is 2.00 bits per heavy atom. The molecule has 8 heteroatoms. The van der Waals surface area contributed by atoms with Gasteiger partial charge in [0.05, 0.1) is 11.9 Å². The van der Waals surface area contributed by atoms with Crippen molar-refractivity contribution in [1.29, 1.82) is 0 Å². The van der Waals surface area contributed by atoms with Crippen molar-refractivity contribution in [1.82, 2.24) is 15.5 Å². The number of benzene rings is 1.